The van der Waals surface area contributed by atoms with Gasteiger partial charge in [0.15, 0.2) is 0 Å². The van der Waals surface area contributed by atoms with Crippen LogP contribution >= 0.6 is 0 Å². The minimum Gasteiger partial charge on any atom is -0.414 e. The van der Waals surface area contributed by atoms with E-state index < -0.39 is 0 Å². The van der Waals surface area contributed by atoms with Gasteiger partial charge in [-0.2, -0.15) is 0 Å². The average molecular weight is 156 g/mol. The first-order valence-corrected chi connectivity index (χ1v) is 4.44. The number of hydrogen-bond donors (Lipinski definition) is 0. The summed E-state index contributed by atoms with van der Waals surface area (Å²) in [5.74, 6) is 0.638. The Morgan fingerprint density at radius 1 is 1.00 bits per heavy atom. The van der Waals surface area contributed by atoms with Crippen molar-refractivity contribution in [2.24, 2.45) is 0 Å². The fourth-order valence-corrected chi connectivity index (χ4v) is 1.89. The molecule has 1 saturated carbocycles. The van der Waals surface area contributed by atoms with E-state index in [0.29, 0.717) is 5.82 Å². The van der Waals surface area contributed by atoms with Crippen molar-refractivity contribution < 1.29 is 9.31 Å². The first kappa shape index (κ1) is 9.08. The zero-order chi connectivity index (χ0) is 8.10. The zero-order valence-corrected chi connectivity index (χ0v) is 7.51. The summed E-state index contributed by atoms with van der Waals surface area (Å²) in [6, 6.07) is 0. The second kappa shape index (κ2) is 4.78. The van der Waals surface area contributed by atoms with Crippen molar-refractivity contribution in [2.75, 3.05) is 14.2 Å². The Bertz CT molecular complexity index is 98.3. The highest BCUT2D eigenvalue weighted by Gasteiger charge is 2.28. The molecule has 0 saturated heterocycles. The Kier molecular flexibility index (Phi) is 3.94. The van der Waals surface area contributed by atoms with Gasteiger partial charge in [0.1, 0.15) is 0 Å². The highest BCUT2D eigenvalue weighted by atomic mass is 16.6. The third kappa shape index (κ3) is 2.49. The largest absolute Gasteiger partial charge is 0.459 e. The standard InChI is InChI=1S/C8H17BO2/c1-10-9(11-2)8-6-4-3-5-7-8/h8H,3-7H2,1-2H3. The van der Waals surface area contributed by atoms with Crippen molar-refractivity contribution in [2.45, 2.75) is 37.9 Å². The van der Waals surface area contributed by atoms with Gasteiger partial charge in [-0.1, -0.05) is 32.1 Å². The van der Waals surface area contributed by atoms with E-state index in [-0.39, 0.29) is 7.12 Å². The summed E-state index contributed by atoms with van der Waals surface area (Å²) in [7, 11) is 3.49. The second-order valence-electron chi connectivity index (χ2n) is 3.24. The monoisotopic (exact) mass is 156 g/mol. The molecule has 1 aliphatic rings. The molecule has 0 aromatic rings. The predicted molar refractivity (Wildman–Crippen MR) is 46.6 cm³/mol. The summed E-state index contributed by atoms with van der Waals surface area (Å²) in [5, 5.41) is 0. The third-order valence-electron chi connectivity index (χ3n) is 2.50. The Labute approximate surface area is 69.4 Å². The lowest BCUT2D eigenvalue weighted by Gasteiger charge is -2.24. The van der Waals surface area contributed by atoms with Crippen LogP contribution in [0.4, 0.5) is 0 Å². The molecule has 0 aliphatic heterocycles. The maximum Gasteiger partial charge on any atom is 0.459 e. The van der Waals surface area contributed by atoms with E-state index in [2.05, 4.69) is 0 Å². The van der Waals surface area contributed by atoms with Gasteiger partial charge in [0.25, 0.3) is 0 Å². The van der Waals surface area contributed by atoms with Gasteiger partial charge in [-0.05, 0) is 5.82 Å². The van der Waals surface area contributed by atoms with E-state index in [1.807, 2.05) is 0 Å². The fraction of sp³-hybridized carbons (Fsp3) is 1.00. The molecule has 3 heteroatoms. The van der Waals surface area contributed by atoms with Gasteiger partial charge in [-0.3, -0.25) is 0 Å². The highest BCUT2D eigenvalue weighted by molar-refractivity contribution is 6.46. The van der Waals surface area contributed by atoms with Crippen molar-refractivity contribution >= 4 is 7.12 Å². The molecule has 0 unspecified atom stereocenters. The van der Waals surface area contributed by atoms with Gasteiger partial charge < -0.3 is 9.31 Å². The minimum atomic E-state index is 0.0373. The molecule has 0 atom stereocenters. The Morgan fingerprint density at radius 3 is 2.00 bits per heavy atom. The van der Waals surface area contributed by atoms with E-state index in [4.69, 9.17) is 9.31 Å². The van der Waals surface area contributed by atoms with Gasteiger partial charge >= 0.3 is 7.12 Å². The molecular weight excluding hydrogens is 139 g/mol. The van der Waals surface area contributed by atoms with Crippen molar-refractivity contribution in [3.05, 3.63) is 0 Å². The van der Waals surface area contributed by atoms with Crippen LogP contribution in [0.15, 0.2) is 0 Å². The molecular formula is C8H17BO2. The van der Waals surface area contributed by atoms with Crippen molar-refractivity contribution in [1.82, 2.24) is 0 Å². The predicted octanol–water partition coefficient (Wildman–Crippen LogP) is 2.10. The second-order valence-corrected chi connectivity index (χ2v) is 3.24. The van der Waals surface area contributed by atoms with Gasteiger partial charge in [-0.15, -0.1) is 0 Å². The van der Waals surface area contributed by atoms with Gasteiger partial charge in [0, 0.05) is 14.2 Å². The number of rotatable bonds is 3. The van der Waals surface area contributed by atoms with E-state index in [9.17, 15) is 0 Å². The Morgan fingerprint density at radius 2 is 1.55 bits per heavy atom. The van der Waals surface area contributed by atoms with Gasteiger partial charge in [-0.25, -0.2) is 0 Å². The van der Waals surface area contributed by atoms with Crippen LogP contribution in [0.5, 0.6) is 0 Å². The maximum atomic E-state index is 5.22. The third-order valence-corrected chi connectivity index (χ3v) is 2.50. The van der Waals surface area contributed by atoms with Gasteiger partial charge in [0.2, 0.25) is 0 Å². The van der Waals surface area contributed by atoms with E-state index >= 15 is 0 Å². The first-order chi connectivity index (χ1) is 5.38. The summed E-state index contributed by atoms with van der Waals surface area (Å²) in [6.45, 7) is 0. The average Bonchev–Trinajstić information content (AvgIpc) is 2.09. The summed E-state index contributed by atoms with van der Waals surface area (Å²) in [6.07, 6.45) is 6.61. The lowest BCUT2D eigenvalue weighted by molar-refractivity contribution is 0.252. The fourth-order valence-electron chi connectivity index (χ4n) is 1.89. The Hall–Kier alpha value is -0.0151. The van der Waals surface area contributed by atoms with Crippen molar-refractivity contribution in [3.8, 4) is 0 Å². The molecule has 2 nitrogen and oxygen atoms in total. The highest BCUT2D eigenvalue weighted by Crippen LogP contribution is 2.31. The van der Waals surface area contributed by atoms with Crippen molar-refractivity contribution in [3.63, 3.8) is 0 Å². The lowest BCUT2D eigenvalue weighted by Crippen LogP contribution is -2.27. The molecule has 0 N–H and O–H groups in total. The van der Waals surface area contributed by atoms with Crippen LogP contribution in [0, 0.1) is 0 Å². The smallest absolute Gasteiger partial charge is 0.414 e. The summed E-state index contributed by atoms with van der Waals surface area (Å²) < 4.78 is 10.4. The minimum absolute atomic E-state index is 0.0373. The molecule has 64 valence electrons. The maximum absolute atomic E-state index is 5.22. The molecule has 0 heterocycles. The van der Waals surface area contributed by atoms with Crippen LogP contribution in [0.1, 0.15) is 32.1 Å². The van der Waals surface area contributed by atoms with Gasteiger partial charge in [0.05, 0.1) is 0 Å². The molecule has 0 amide bonds. The SMILES string of the molecule is COB(OC)C1CCCCC1. The molecule has 1 rings (SSSR count). The molecule has 0 radical (unpaired) electrons. The van der Waals surface area contributed by atoms with Crippen LogP contribution in [0.3, 0.4) is 0 Å². The van der Waals surface area contributed by atoms with E-state index in [1.54, 1.807) is 14.2 Å². The van der Waals surface area contributed by atoms with E-state index in [0.717, 1.165) is 0 Å². The topological polar surface area (TPSA) is 18.5 Å². The normalized spacial score (nSPS) is 20.2. The van der Waals surface area contributed by atoms with Crippen LogP contribution in [0.2, 0.25) is 5.82 Å². The summed E-state index contributed by atoms with van der Waals surface area (Å²) in [4.78, 5) is 0. The number of hydrogen-bond acceptors (Lipinski definition) is 2. The molecule has 0 aromatic heterocycles. The summed E-state index contributed by atoms with van der Waals surface area (Å²) >= 11 is 0. The molecule has 1 fully saturated rings. The molecule has 0 spiro atoms. The van der Waals surface area contributed by atoms with E-state index in [1.165, 1.54) is 32.1 Å². The van der Waals surface area contributed by atoms with Crippen molar-refractivity contribution in [1.29, 1.82) is 0 Å². The molecule has 0 bridgehead atoms. The van der Waals surface area contributed by atoms with Crippen LogP contribution in [-0.2, 0) is 9.31 Å². The van der Waals surface area contributed by atoms with Crippen LogP contribution < -0.4 is 0 Å². The first-order valence-electron chi connectivity index (χ1n) is 4.44. The van der Waals surface area contributed by atoms with Crippen LogP contribution in [-0.4, -0.2) is 21.3 Å². The summed E-state index contributed by atoms with van der Waals surface area (Å²) in [5.41, 5.74) is 0. The lowest BCUT2D eigenvalue weighted by atomic mass is 9.64. The zero-order valence-electron chi connectivity index (χ0n) is 7.51. The quantitative estimate of drug-likeness (QED) is 0.582. The Balaban J connectivity index is 2.30. The molecule has 0 aromatic carbocycles. The van der Waals surface area contributed by atoms with Crippen LogP contribution in [0.25, 0.3) is 0 Å². The molecule has 11 heavy (non-hydrogen) atoms. The molecule has 1 aliphatic carbocycles.